The summed E-state index contributed by atoms with van der Waals surface area (Å²) in [5, 5.41) is 23.3. The van der Waals surface area contributed by atoms with Gasteiger partial charge in [-0.05, 0) is 51.4 Å². The summed E-state index contributed by atoms with van der Waals surface area (Å²) < 4.78 is 5.44. The first-order valence-electron chi connectivity index (χ1n) is 26.6. The van der Waals surface area contributed by atoms with Crippen molar-refractivity contribution in [3.8, 4) is 0 Å². The molecule has 354 valence electrons. The number of hydrogen-bond donors (Lipinski definition) is 3. The standard InChI is InChI=1S/C54H103NO5/c1-3-5-7-9-11-13-15-17-18-19-20-21-22-24-26-30-34-38-42-46-52(57)51(50-56)55-53(58)47-43-39-35-31-27-25-29-33-37-41-45-49-60-54(59)48-44-40-36-32-28-23-16-14-12-10-8-6-4-2/h8,10,14,16,51-52,56-57H,3-7,9,11-13,15,17-50H2,1-2H3,(H,55,58)/b10-8-,16-14-. The number of aliphatic hydroxyl groups excluding tert-OH is 2. The molecule has 6 heteroatoms. The number of hydrogen-bond acceptors (Lipinski definition) is 5. The molecule has 0 aromatic carbocycles. The van der Waals surface area contributed by atoms with Crippen LogP contribution in [-0.4, -0.2) is 47.4 Å². The summed E-state index contributed by atoms with van der Waals surface area (Å²) in [7, 11) is 0. The molecule has 60 heavy (non-hydrogen) atoms. The van der Waals surface area contributed by atoms with Crippen molar-refractivity contribution >= 4 is 11.9 Å². The third-order valence-electron chi connectivity index (χ3n) is 12.2. The van der Waals surface area contributed by atoms with E-state index in [1.165, 1.54) is 180 Å². The second-order valence-corrected chi connectivity index (χ2v) is 18.2. The minimum atomic E-state index is -0.677. The van der Waals surface area contributed by atoms with Gasteiger partial charge in [-0.1, -0.05) is 244 Å². The molecule has 0 aliphatic heterocycles. The van der Waals surface area contributed by atoms with Gasteiger partial charge in [0.05, 0.1) is 25.4 Å². The van der Waals surface area contributed by atoms with Crippen molar-refractivity contribution in [3.63, 3.8) is 0 Å². The van der Waals surface area contributed by atoms with Gasteiger partial charge >= 0.3 is 5.97 Å². The van der Waals surface area contributed by atoms with Gasteiger partial charge in [0.1, 0.15) is 0 Å². The highest BCUT2D eigenvalue weighted by Gasteiger charge is 2.20. The molecule has 0 radical (unpaired) electrons. The van der Waals surface area contributed by atoms with Crippen LogP contribution in [0.25, 0.3) is 0 Å². The maximum Gasteiger partial charge on any atom is 0.305 e. The summed E-state index contributed by atoms with van der Waals surface area (Å²) in [6.07, 6.45) is 58.6. The van der Waals surface area contributed by atoms with E-state index in [1.54, 1.807) is 0 Å². The van der Waals surface area contributed by atoms with E-state index in [0.717, 1.165) is 70.6 Å². The monoisotopic (exact) mass is 846 g/mol. The molecule has 0 heterocycles. The van der Waals surface area contributed by atoms with Gasteiger partial charge in [-0.2, -0.15) is 0 Å². The molecule has 0 bridgehead atoms. The number of rotatable bonds is 49. The smallest absolute Gasteiger partial charge is 0.305 e. The molecule has 0 rings (SSSR count). The third kappa shape index (κ3) is 45.9. The van der Waals surface area contributed by atoms with Crippen molar-refractivity contribution in [2.75, 3.05) is 13.2 Å². The van der Waals surface area contributed by atoms with Gasteiger partial charge in [0, 0.05) is 12.8 Å². The van der Waals surface area contributed by atoms with Crippen molar-refractivity contribution in [1.82, 2.24) is 5.32 Å². The number of carbonyl (C=O) groups is 2. The Hall–Kier alpha value is -1.66. The van der Waals surface area contributed by atoms with Crippen LogP contribution in [0.2, 0.25) is 0 Å². The molecular formula is C54H103NO5. The van der Waals surface area contributed by atoms with Gasteiger partial charge in [0.2, 0.25) is 5.91 Å². The molecule has 3 N–H and O–H groups in total. The van der Waals surface area contributed by atoms with Crippen LogP contribution >= 0.6 is 0 Å². The number of aliphatic hydroxyl groups is 2. The van der Waals surface area contributed by atoms with Crippen LogP contribution in [-0.2, 0) is 14.3 Å². The van der Waals surface area contributed by atoms with Crippen molar-refractivity contribution < 1.29 is 24.5 Å². The Morgan fingerprint density at radius 2 is 0.867 bits per heavy atom. The average molecular weight is 846 g/mol. The summed E-state index contributed by atoms with van der Waals surface area (Å²) >= 11 is 0. The molecule has 0 aromatic heterocycles. The summed E-state index contributed by atoms with van der Waals surface area (Å²) in [5.74, 6) is -0.0817. The van der Waals surface area contributed by atoms with E-state index in [-0.39, 0.29) is 18.5 Å². The Morgan fingerprint density at radius 3 is 1.33 bits per heavy atom. The van der Waals surface area contributed by atoms with Crippen molar-refractivity contribution in [1.29, 1.82) is 0 Å². The van der Waals surface area contributed by atoms with Crippen LogP contribution in [0, 0.1) is 0 Å². The van der Waals surface area contributed by atoms with Gasteiger partial charge < -0.3 is 20.3 Å². The minimum absolute atomic E-state index is 0.0286. The Kier molecular flexibility index (Phi) is 48.6. The lowest BCUT2D eigenvalue weighted by Crippen LogP contribution is -2.45. The first kappa shape index (κ1) is 58.3. The van der Waals surface area contributed by atoms with Crippen LogP contribution in [0.5, 0.6) is 0 Å². The predicted molar refractivity (Wildman–Crippen MR) is 260 cm³/mol. The highest BCUT2D eigenvalue weighted by molar-refractivity contribution is 5.76. The van der Waals surface area contributed by atoms with Crippen LogP contribution < -0.4 is 5.32 Å². The minimum Gasteiger partial charge on any atom is -0.466 e. The van der Waals surface area contributed by atoms with Crippen molar-refractivity contribution in [3.05, 3.63) is 24.3 Å². The number of ether oxygens (including phenoxy) is 1. The largest absolute Gasteiger partial charge is 0.466 e. The molecular weight excluding hydrogens is 743 g/mol. The van der Waals surface area contributed by atoms with Gasteiger partial charge in [0.15, 0.2) is 0 Å². The summed E-state index contributed by atoms with van der Waals surface area (Å²) in [6.45, 7) is 4.85. The van der Waals surface area contributed by atoms with Gasteiger partial charge in [0.25, 0.3) is 0 Å². The number of unbranched alkanes of at least 4 members (excludes halogenated alkanes) is 34. The zero-order valence-corrected chi connectivity index (χ0v) is 40.2. The lowest BCUT2D eigenvalue weighted by molar-refractivity contribution is -0.143. The lowest BCUT2D eigenvalue weighted by Gasteiger charge is -2.22. The number of nitrogens with one attached hydrogen (secondary N) is 1. The second kappa shape index (κ2) is 50.0. The summed E-state index contributed by atoms with van der Waals surface area (Å²) in [5.41, 5.74) is 0. The van der Waals surface area contributed by atoms with E-state index in [9.17, 15) is 19.8 Å². The molecule has 6 nitrogen and oxygen atoms in total. The van der Waals surface area contributed by atoms with E-state index >= 15 is 0 Å². The van der Waals surface area contributed by atoms with Gasteiger partial charge in [-0.15, -0.1) is 0 Å². The molecule has 0 saturated carbocycles. The molecule has 0 aliphatic rings. The van der Waals surface area contributed by atoms with E-state index in [2.05, 4.69) is 43.5 Å². The average Bonchev–Trinajstić information content (AvgIpc) is 3.25. The van der Waals surface area contributed by atoms with Crippen molar-refractivity contribution in [2.45, 2.75) is 296 Å². The number of carbonyl (C=O) groups excluding carboxylic acids is 2. The molecule has 2 atom stereocenters. The molecule has 0 spiro atoms. The Labute approximate surface area is 373 Å². The molecule has 0 aliphatic carbocycles. The van der Waals surface area contributed by atoms with Crippen molar-refractivity contribution in [2.24, 2.45) is 0 Å². The zero-order valence-electron chi connectivity index (χ0n) is 40.2. The van der Waals surface area contributed by atoms with Crippen LogP contribution in [0.3, 0.4) is 0 Å². The number of allylic oxidation sites excluding steroid dienone is 4. The molecule has 2 unspecified atom stereocenters. The van der Waals surface area contributed by atoms with Crippen LogP contribution in [0.4, 0.5) is 0 Å². The first-order valence-corrected chi connectivity index (χ1v) is 26.6. The lowest BCUT2D eigenvalue weighted by atomic mass is 10.0. The SMILES string of the molecule is CCC/C=C\C/C=C\CCCCCCCC(=O)OCCCCCCCCCCCCCC(=O)NC(CO)C(O)CCCCCCCCCCCCCCCCCCCCC. The molecule has 0 fully saturated rings. The topological polar surface area (TPSA) is 95.9 Å². The Morgan fingerprint density at radius 1 is 0.467 bits per heavy atom. The number of esters is 1. The quantitative estimate of drug-likeness (QED) is 0.0322. The predicted octanol–water partition coefficient (Wildman–Crippen LogP) is 15.9. The first-order chi connectivity index (χ1) is 29.5. The van der Waals surface area contributed by atoms with E-state index in [4.69, 9.17) is 4.74 Å². The fourth-order valence-electron chi connectivity index (χ4n) is 8.15. The maximum absolute atomic E-state index is 12.5. The molecule has 0 aromatic rings. The fraction of sp³-hybridized carbons (Fsp3) is 0.889. The normalized spacial score (nSPS) is 12.8. The van der Waals surface area contributed by atoms with Gasteiger partial charge in [-0.3, -0.25) is 9.59 Å². The molecule has 1 amide bonds. The number of amides is 1. The van der Waals surface area contributed by atoms with E-state index < -0.39 is 12.1 Å². The molecule has 0 saturated heterocycles. The summed E-state index contributed by atoms with van der Waals surface area (Å²) in [4.78, 5) is 24.5. The highest BCUT2D eigenvalue weighted by Crippen LogP contribution is 2.17. The fourth-order valence-corrected chi connectivity index (χ4v) is 8.15. The zero-order chi connectivity index (χ0) is 43.7. The maximum atomic E-state index is 12.5. The van der Waals surface area contributed by atoms with Gasteiger partial charge in [-0.25, -0.2) is 0 Å². The Balaban J connectivity index is 3.48. The third-order valence-corrected chi connectivity index (χ3v) is 12.2. The second-order valence-electron chi connectivity index (χ2n) is 18.2. The summed E-state index contributed by atoms with van der Waals surface area (Å²) in [6, 6.07) is -0.556. The van der Waals surface area contributed by atoms with E-state index in [1.807, 2.05) is 0 Å². The van der Waals surface area contributed by atoms with Crippen LogP contribution in [0.15, 0.2) is 24.3 Å². The van der Waals surface area contributed by atoms with Crippen LogP contribution in [0.1, 0.15) is 284 Å². The highest BCUT2D eigenvalue weighted by atomic mass is 16.5. The van der Waals surface area contributed by atoms with E-state index in [0.29, 0.717) is 25.9 Å². The Bertz CT molecular complexity index is 935.